The number of nitrogens with zero attached hydrogens (tertiary/aromatic N) is 5. The Bertz CT molecular complexity index is 1210. The molecule has 4 heterocycles. The fourth-order valence-corrected chi connectivity index (χ4v) is 3.79. The van der Waals surface area contributed by atoms with E-state index in [1.807, 2.05) is 37.4 Å². The Balaban J connectivity index is 1.42. The summed E-state index contributed by atoms with van der Waals surface area (Å²) in [5.74, 6) is 1.58. The molecule has 1 aromatic carbocycles. The number of hydrogen-bond donors (Lipinski definition) is 1. The number of aromatic nitrogens is 5. The first kappa shape index (κ1) is 16.8. The number of fused-ring (bicyclic) bond motifs is 2. The van der Waals surface area contributed by atoms with Crippen molar-refractivity contribution >= 4 is 11.0 Å². The van der Waals surface area contributed by atoms with E-state index in [0.29, 0.717) is 18.9 Å². The molecule has 0 saturated heterocycles. The summed E-state index contributed by atoms with van der Waals surface area (Å²) >= 11 is 0. The molecule has 140 valence electrons. The van der Waals surface area contributed by atoms with Gasteiger partial charge in [-0.25, -0.2) is 9.97 Å². The van der Waals surface area contributed by atoms with Crippen LogP contribution in [0.1, 0.15) is 17.1 Å². The molecule has 0 bridgehead atoms. The number of nitrogens with one attached hydrogen (secondary N) is 1. The molecular formula is C21H20N6O. The number of para-hydroxylation sites is 2. The van der Waals surface area contributed by atoms with E-state index >= 15 is 0 Å². The van der Waals surface area contributed by atoms with Gasteiger partial charge < -0.3 is 9.55 Å². The largest absolute Gasteiger partial charge is 0.330 e. The van der Waals surface area contributed by atoms with Crippen LogP contribution in [0.15, 0.2) is 53.6 Å². The van der Waals surface area contributed by atoms with Crippen LogP contribution in [0.5, 0.6) is 0 Å². The molecule has 0 fully saturated rings. The lowest BCUT2D eigenvalue weighted by atomic mass is 10.1. The Hall–Kier alpha value is -3.32. The van der Waals surface area contributed by atoms with Gasteiger partial charge in [-0.2, -0.15) is 0 Å². The van der Waals surface area contributed by atoms with Crippen molar-refractivity contribution in [2.24, 2.45) is 7.05 Å². The maximum atomic E-state index is 12.7. The Labute approximate surface area is 161 Å². The zero-order valence-corrected chi connectivity index (χ0v) is 15.6. The van der Waals surface area contributed by atoms with Crippen LogP contribution in [0.3, 0.4) is 0 Å². The molecule has 28 heavy (non-hydrogen) atoms. The van der Waals surface area contributed by atoms with Gasteiger partial charge in [-0.15, -0.1) is 0 Å². The van der Waals surface area contributed by atoms with Crippen LogP contribution in [0.4, 0.5) is 0 Å². The maximum absolute atomic E-state index is 12.7. The fourth-order valence-electron chi connectivity index (χ4n) is 3.79. The quantitative estimate of drug-likeness (QED) is 0.597. The highest BCUT2D eigenvalue weighted by Gasteiger charge is 2.23. The van der Waals surface area contributed by atoms with Crippen molar-refractivity contribution in [2.75, 3.05) is 6.54 Å². The monoisotopic (exact) mass is 372 g/mol. The minimum Gasteiger partial charge on any atom is -0.330 e. The first-order valence-corrected chi connectivity index (χ1v) is 9.34. The summed E-state index contributed by atoms with van der Waals surface area (Å²) in [5.41, 5.74) is 4.50. The van der Waals surface area contributed by atoms with Gasteiger partial charge in [0.1, 0.15) is 11.6 Å². The number of hydrogen-bond acceptors (Lipinski definition) is 5. The third-order valence-electron chi connectivity index (χ3n) is 5.33. The molecule has 0 aliphatic carbocycles. The van der Waals surface area contributed by atoms with E-state index in [4.69, 9.17) is 9.97 Å². The molecule has 0 amide bonds. The van der Waals surface area contributed by atoms with Crippen molar-refractivity contribution in [3.63, 3.8) is 0 Å². The summed E-state index contributed by atoms with van der Waals surface area (Å²) < 4.78 is 2.12. The highest BCUT2D eigenvalue weighted by atomic mass is 16.1. The number of H-pyrrole nitrogens is 1. The van der Waals surface area contributed by atoms with Crippen LogP contribution in [0.2, 0.25) is 0 Å². The highest BCUT2D eigenvalue weighted by Crippen LogP contribution is 2.21. The van der Waals surface area contributed by atoms with Crippen molar-refractivity contribution in [3.8, 4) is 11.4 Å². The molecule has 7 heteroatoms. The number of pyridine rings is 1. The molecule has 0 saturated carbocycles. The van der Waals surface area contributed by atoms with Gasteiger partial charge >= 0.3 is 0 Å². The number of aryl methyl sites for hydroxylation is 1. The summed E-state index contributed by atoms with van der Waals surface area (Å²) in [7, 11) is 2.04. The zero-order chi connectivity index (χ0) is 19.1. The van der Waals surface area contributed by atoms with E-state index < -0.39 is 0 Å². The minimum atomic E-state index is -0.0708. The van der Waals surface area contributed by atoms with Crippen LogP contribution >= 0.6 is 0 Å². The molecular weight excluding hydrogens is 352 g/mol. The fraction of sp³-hybridized carbons (Fsp3) is 0.238. The van der Waals surface area contributed by atoms with E-state index in [-0.39, 0.29) is 5.56 Å². The van der Waals surface area contributed by atoms with E-state index in [0.717, 1.165) is 46.6 Å². The smallest absolute Gasteiger partial charge is 0.255 e. The average Bonchev–Trinajstić information content (AvgIpc) is 3.04. The Morgan fingerprint density at radius 2 is 2.04 bits per heavy atom. The second-order valence-electron chi connectivity index (χ2n) is 7.12. The number of aromatic amines is 1. The first-order chi connectivity index (χ1) is 13.7. The summed E-state index contributed by atoms with van der Waals surface area (Å²) in [6.45, 7) is 2.13. The standard InChI is InChI=1S/C21H20N6O/c1-26-18-7-3-2-6-17(18)23-19(26)13-27-10-8-16-15(12-27)21(28)25-20(24-16)14-5-4-9-22-11-14/h2-7,9,11H,8,10,12-13H2,1H3,(H,24,25,28). The minimum absolute atomic E-state index is 0.0708. The van der Waals surface area contributed by atoms with Gasteiger partial charge in [0.15, 0.2) is 0 Å². The van der Waals surface area contributed by atoms with Gasteiger partial charge in [0.25, 0.3) is 5.56 Å². The predicted molar refractivity (Wildman–Crippen MR) is 107 cm³/mol. The van der Waals surface area contributed by atoms with Crippen molar-refractivity contribution < 1.29 is 0 Å². The van der Waals surface area contributed by atoms with Crippen LogP contribution in [0, 0.1) is 0 Å². The lowest BCUT2D eigenvalue weighted by Gasteiger charge is -2.27. The number of rotatable bonds is 3. The van der Waals surface area contributed by atoms with Crippen LogP contribution in [-0.2, 0) is 26.6 Å². The summed E-state index contributed by atoms with van der Waals surface area (Å²) in [6.07, 6.45) is 4.17. The molecule has 0 radical (unpaired) electrons. The molecule has 1 aliphatic rings. The Morgan fingerprint density at radius 3 is 2.86 bits per heavy atom. The van der Waals surface area contributed by atoms with E-state index in [1.165, 1.54) is 0 Å². The second kappa shape index (κ2) is 6.69. The normalized spacial score (nSPS) is 14.3. The van der Waals surface area contributed by atoms with Crippen molar-refractivity contribution in [1.29, 1.82) is 0 Å². The van der Waals surface area contributed by atoms with Gasteiger partial charge in [0.2, 0.25) is 0 Å². The van der Waals surface area contributed by atoms with Crippen LogP contribution in [0.25, 0.3) is 22.4 Å². The van der Waals surface area contributed by atoms with Gasteiger partial charge in [0.05, 0.1) is 28.8 Å². The van der Waals surface area contributed by atoms with E-state index in [1.54, 1.807) is 12.4 Å². The van der Waals surface area contributed by atoms with E-state index in [2.05, 4.69) is 25.5 Å². The summed E-state index contributed by atoms with van der Waals surface area (Å²) in [4.78, 5) is 31.4. The molecule has 1 aliphatic heterocycles. The predicted octanol–water partition coefficient (Wildman–Crippen LogP) is 2.28. The Morgan fingerprint density at radius 1 is 1.14 bits per heavy atom. The van der Waals surface area contributed by atoms with Crippen molar-refractivity contribution in [2.45, 2.75) is 19.5 Å². The van der Waals surface area contributed by atoms with Crippen LogP contribution in [-0.4, -0.2) is 35.9 Å². The van der Waals surface area contributed by atoms with Gasteiger partial charge in [-0.05, 0) is 24.3 Å². The molecule has 5 rings (SSSR count). The van der Waals surface area contributed by atoms with Gasteiger partial charge in [-0.1, -0.05) is 12.1 Å². The molecule has 3 aromatic heterocycles. The molecule has 0 spiro atoms. The number of imidazole rings is 1. The SMILES string of the molecule is Cn1c(CN2CCc3nc(-c4cccnc4)[nH]c(=O)c3C2)nc2ccccc21. The van der Waals surface area contributed by atoms with Gasteiger partial charge in [-0.3, -0.25) is 14.7 Å². The maximum Gasteiger partial charge on any atom is 0.255 e. The van der Waals surface area contributed by atoms with Crippen molar-refractivity contribution in [3.05, 3.63) is 76.2 Å². The molecule has 0 unspecified atom stereocenters. The Kier molecular flexibility index (Phi) is 4.02. The second-order valence-corrected chi connectivity index (χ2v) is 7.12. The van der Waals surface area contributed by atoms with Crippen molar-refractivity contribution in [1.82, 2.24) is 29.4 Å². The zero-order valence-electron chi connectivity index (χ0n) is 15.6. The molecule has 4 aromatic rings. The molecule has 1 N–H and O–H groups in total. The van der Waals surface area contributed by atoms with Crippen LogP contribution < -0.4 is 5.56 Å². The van der Waals surface area contributed by atoms with E-state index in [9.17, 15) is 4.79 Å². The lowest BCUT2D eigenvalue weighted by Crippen LogP contribution is -2.36. The highest BCUT2D eigenvalue weighted by molar-refractivity contribution is 5.75. The van der Waals surface area contributed by atoms with Gasteiger partial charge in [0, 0.05) is 44.5 Å². The topological polar surface area (TPSA) is 79.7 Å². The first-order valence-electron chi connectivity index (χ1n) is 9.34. The summed E-state index contributed by atoms with van der Waals surface area (Å²) in [6, 6.07) is 11.9. The summed E-state index contributed by atoms with van der Waals surface area (Å²) in [5, 5.41) is 0. The molecule has 0 atom stereocenters. The third kappa shape index (κ3) is 2.90. The average molecular weight is 372 g/mol. The number of benzene rings is 1. The molecule has 7 nitrogen and oxygen atoms in total. The lowest BCUT2D eigenvalue weighted by molar-refractivity contribution is 0.234. The third-order valence-corrected chi connectivity index (χ3v) is 5.33.